The predicted octanol–water partition coefficient (Wildman–Crippen LogP) is 4.73. The highest BCUT2D eigenvalue weighted by molar-refractivity contribution is 8.16. The Hall–Kier alpha value is -2.27. The van der Waals surface area contributed by atoms with E-state index in [2.05, 4.69) is 10.3 Å². The molecule has 8 nitrogen and oxygen atoms in total. The Kier molecular flexibility index (Phi) is 8.13. The lowest BCUT2D eigenvalue weighted by molar-refractivity contribution is -0.119. The van der Waals surface area contributed by atoms with Crippen LogP contribution in [0, 0.1) is 0 Å². The number of nitrogens with zero attached hydrogens (tertiary/aromatic N) is 2. The zero-order valence-electron chi connectivity index (χ0n) is 20.5. The van der Waals surface area contributed by atoms with Crippen LogP contribution in [0.25, 0.3) is 0 Å². The molecule has 4 rings (SSSR count). The van der Waals surface area contributed by atoms with E-state index in [1.165, 1.54) is 11.8 Å². The van der Waals surface area contributed by atoms with E-state index in [4.69, 9.17) is 27.9 Å². The first-order valence-corrected chi connectivity index (χ1v) is 15.0. The summed E-state index contributed by atoms with van der Waals surface area (Å²) in [6.07, 6.45) is -0.537. The minimum Gasteiger partial charge on any atom is -0.444 e. The molecule has 2 amide bonds. The van der Waals surface area contributed by atoms with E-state index in [1.807, 2.05) is 30.3 Å². The first-order chi connectivity index (χ1) is 17.3. The molecule has 2 aliphatic heterocycles. The van der Waals surface area contributed by atoms with Gasteiger partial charge in [0.2, 0.25) is 0 Å². The molecule has 2 aliphatic rings. The molecular formula is C25H27Cl2N3O5S2. The molecule has 2 aromatic rings. The standard InChI is InChI=1S/C25H27Cl2N3O5S2/c1-25(2,3)35-24(32)28-18(11-15-7-5-4-6-8-15)22(31)29-23-30(19-10-9-16(26)12-17(19)27)20-13-37(33,34)14-21(20)36-23/h4-10,12,18,20-21H,11,13-14H2,1-3H3,(H,28,32). The number of carbonyl (C=O) groups excluding carboxylic acids is 2. The Morgan fingerprint density at radius 3 is 2.51 bits per heavy atom. The fraction of sp³-hybridized carbons (Fsp3) is 0.400. The van der Waals surface area contributed by atoms with Crippen molar-refractivity contribution < 1.29 is 22.7 Å². The Labute approximate surface area is 230 Å². The second kappa shape index (κ2) is 10.8. The van der Waals surface area contributed by atoms with Crippen LogP contribution in [0.15, 0.2) is 53.5 Å². The second-order valence-corrected chi connectivity index (χ2v) is 14.1. The van der Waals surface area contributed by atoms with E-state index in [1.54, 1.807) is 43.9 Å². The quantitative estimate of drug-likeness (QED) is 0.542. The molecule has 198 valence electrons. The van der Waals surface area contributed by atoms with Gasteiger partial charge in [-0.1, -0.05) is 65.3 Å². The lowest BCUT2D eigenvalue weighted by Gasteiger charge is -2.26. The summed E-state index contributed by atoms with van der Waals surface area (Å²) in [5.74, 6) is -0.698. The van der Waals surface area contributed by atoms with Crippen LogP contribution in [0.3, 0.4) is 0 Å². The topological polar surface area (TPSA) is 105 Å². The maximum absolute atomic E-state index is 13.5. The van der Waals surface area contributed by atoms with Crippen molar-refractivity contribution in [3.05, 3.63) is 64.1 Å². The second-order valence-electron chi connectivity index (χ2n) is 9.89. The van der Waals surface area contributed by atoms with Crippen LogP contribution in [0.2, 0.25) is 10.0 Å². The number of aliphatic imine (C=N–C) groups is 1. The normalized spacial score (nSPS) is 22.5. The number of amides is 2. The van der Waals surface area contributed by atoms with Crippen LogP contribution in [0.5, 0.6) is 0 Å². The zero-order chi connectivity index (χ0) is 27.0. The number of thioether (sulfide) groups is 1. The molecule has 0 saturated carbocycles. The van der Waals surface area contributed by atoms with Gasteiger partial charge in [-0.25, -0.2) is 13.2 Å². The van der Waals surface area contributed by atoms with Gasteiger partial charge in [0.15, 0.2) is 15.0 Å². The summed E-state index contributed by atoms with van der Waals surface area (Å²) in [7, 11) is -3.25. The number of sulfone groups is 1. The van der Waals surface area contributed by atoms with E-state index in [9.17, 15) is 18.0 Å². The average Bonchev–Trinajstić information content (AvgIpc) is 3.24. The summed E-state index contributed by atoms with van der Waals surface area (Å²) < 4.78 is 30.1. The Bertz CT molecular complexity index is 1330. The van der Waals surface area contributed by atoms with Crippen molar-refractivity contribution in [1.82, 2.24) is 5.32 Å². The highest BCUT2D eigenvalue weighted by Gasteiger charge is 2.50. The smallest absolute Gasteiger partial charge is 0.408 e. The van der Waals surface area contributed by atoms with Crippen molar-refractivity contribution in [3.8, 4) is 0 Å². The highest BCUT2D eigenvalue weighted by Crippen LogP contribution is 2.43. The predicted molar refractivity (Wildman–Crippen MR) is 149 cm³/mol. The van der Waals surface area contributed by atoms with E-state index < -0.39 is 39.5 Å². The molecule has 0 aromatic heterocycles. The van der Waals surface area contributed by atoms with Crippen molar-refractivity contribution in [2.45, 2.75) is 50.1 Å². The summed E-state index contributed by atoms with van der Waals surface area (Å²) in [5.41, 5.74) is 0.592. The number of alkyl carbamates (subject to hydrolysis) is 1. The lowest BCUT2D eigenvalue weighted by atomic mass is 10.1. The third-order valence-electron chi connectivity index (χ3n) is 5.71. The largest absolute Gasteiger partial charge is 0.444 e. The molecule has 37 heavy (non-hydrogen) atoms. The van der Waals surface area contributed by atoms with Crippen LogP contribution in [0.1, 0.15) is 26.3 Å². The van der Waals surface area contributed by atoms with Crippen molar-refractivity contribution in [2.24, 2.45) is 4.99 Å². The van der Waals surface area contributed by atoms with Crippen molar-refractivity contribution in [3.63, 3.8) is 0 Å². The lowest BCUT2D eigenvalue weighted by Crippen LogP contribution is -2.45. The number of anilines is 1. The molecule has 2 fully saturated rings. The van der Waals surface area contributed by atoms with E-state index in [0.717, 1.165) is 5.56 Å². The maximum atomic E-state index is 13.5. The Morgan fingerprint density at radius 1 is 1.16 bits per heavy atom. The first-order valence-electron chi connectivity index (χ1n) is 11.6. The molecule has 2 saturated heterocycles. The number of hydrogen-bond donors (Lipinski definition) is 1. The number of fused-ring (bicyclic) bond motifs is 1. The molecule has 12 heteroatoms. The average molecular weight is 585 g/mol. The number of benzene rings is 2. The molecule has 2 heterocycles. The molecule has 1 N–H and O–H groups in total. The Morgan fingerprint density at radius 2 is 1.86 bits per heavy atom. The minimum atomic E-state index is -3.25. The minimum absolute atomic E-state index is 0.0269. The number of carbonyl (C=O) groups is 2. The number of halogens is 2. The maximum Gasteiger partial charge on any atom is 0.408 e. The van der Waals surface area contributed by atoms with Crippen molar-refractivity contribution >= 4 is 67.7 Å². The molecular weight excluding hydrogens is 557 g/mol. The molecule has 3 unspecified atom stereocenters. The number of amidine groups is 1. The van der Waals surface area contributed by atoms with E-state index in [0.29, 0.717) is 20.9 Å². The summed E-state index contributed by atoms with van der Waals surface area (Å²) in [6.45, 7) is 5.20. The first kappa shape index (κ1) is 27.8. The summed E-state index contributed by atoms with van der Waals surface area (Å²) in [4.78, 5) is 32.1. The van der Waals surface area contributed by atoms with Gasteiger partial charge in [-0.15, -0.1) is 0 Å². The van der Waals surface area contributed by atoms with Gasteiger partial charge < -0.3 is 15.0 Å². The molecule has 0 bridgehead atoms. The van der Waals surface area contributed by atoms with E-state index in [-0.39, 0.29) is 23.2 Å². The number of rotatable bonds is 5. The summed E-state index contributed by atoms with van der Waals surface area (Å²) in [5, 5.41) is 3.40. The molecule has 0 spiro atoms. The van der Waals surface area contributed by atoms with E-state index >= 15 is 0 Å². The van der Waals surface area contributed by atoms with Crippen LogP contribution in [-0.2, 0) is 25.8 Å². The third-order valence-corrected chi connectivity index (χ3v) is 9.46. The SMILES string of the molecule is CC(C)(C)OC(=O)NC(Cc1ccccc1)C(=O)N=C1SC2CS(=O)(=O)CC2N1c1ccc(Cl)cc1Cl. The fourth-order valence-corrected chi connectivity index (χ4v) is 8.61. The van der Waals surface area contributed by atoms with Crippen LogP contribution >= 0.6 is 35.0 Å². The monoisotopic (exact) mass is 583 g/mol. The van der Waals surface area contributed by atoms with Crippen molar-refractivity contribution in [1.29, 1.82) is 0 Å². The number of nitrogens with one attached hydrogen (secondary N) is 1. The molecule has 0 aliphatic carbocycles. The van der Waals surface area contributed by atoms with Gasteiger partial charge in [-0.2, -0.15) is 4.99 Å². The summed E-state index contributed by atoms with van der Waals surface area (Å²) >= 11 is 13.8. The van der Waals surface area contributed by atoms with Crippen LogP contribution in [0.4, 0.5) is 10.5 Å². The van der Waals surface area contributed by atoms with Crippen molar-refractivity contribution in [2.75, 3.05) is 16.4 Å². The number of ether oxygens (including phenoxy) is 1. The van der Waals surface area contributed by atoms with Crippen LogP contribution in [-0.4, -0.2) is 60.0 Å². The van der Waals surface area contributed by atoms with Gasteiger partial charge in [0.25, 0.3) is 5.91 Å². The van der Waals surface area contributed by atoms with Gasteiger partial charge in [0.1, 0.15) is 11.6 Å². The summed E-state index contributed by atoms with van der Waals surface area (Å²) in [6, 6.07) is 12.7. The molecule has 3 atom stereocenters. The zero-order valence-corrected chi connectivity index (χ0v) is 23.6. The van der Waals surface area contributed by atoms with Gasteiger partial charge in [-0.05, 0) is 44.5 Å². The van der Waals surface area contributed by atoms with Gasteiger partial charge in [0, 0.05) is 16.7 Å². The van der Waals surface area contributed by atoms with Gasteiger partial charge >= 0.3 is 6.09 Å². The Balaban J connectivity index is 1.67. The fourth-order valence-electron chi connectivity index (χ4n) is 4.19. The van der Waals surface area contributed by atoms with Crippen LogP contribution < -0.4 is 10.2 Å². The van der Waals surface area contributed by atoms with Gasteiger partial charge in [0.05, 0.1) is 28.3 Å². The highest BCUT2D eigenvalue weighted by atomic mass is 35.5. The molecule has 2 aromatic carbocycles. The number of hydrogen-bond acceptors (Lipinski definition) is 6. The third kappa shape index (κ3) is 6.98. The van der Waals surface area contributed by atoms with Gasteiger partial charge in [-0.3, -0.25) is 4.79 Å². The molecule has 0 radical (unpaired) electrons.